The van der Waals surface area contributed by atoms with E-state index in [0.717, 1.165) is 0 Å². The largest absolute Gasteiger partial charge is 0.497 e. The Bertz CT molecular complexity index is 633. The van der Waals surface area contributed by atoms with Crippen LogP contribution < -0.4 is 9.64 Å². The lowest BCUT2D eigenvalue weighted by Gasteiger charge is -2.21. The molecule has 0 aliphatic rings. The van der Waals surface area contributed by atoms with Crippen molar-refractivity contribution in [2.45, 2.75) is 6.17 Å². The molecule has 2 aromatic carbocycles. The highest BCUT2D eigenvalue weighted by atomic mass is 79.9. The lowest BCUT2D eigenvalue weighted by molar-refractivity contribution is -0.123. The van der Waals surface area contributed by atoms with Crippen LogP contribution in [-0.2, 0) is 4.79 Å². The van der Waals surface area contributed by atoms with Gasteiger partial charge in [0, 0.05) is 11.5 Å². The van der Waals surface area contributed by atoms with Crippen LogP contribution in [0.15, 0.2) is 53.0 Å². The number of carbonyl (C=O) groups is 1. The van der Waals surface area contributed by atoms with Gasteiger partial charge in [-0.15, -0.1) is 0 Å². The summed E-state index contributed by atoms with van der Waals surface area (Å²) in [5.74, 6) is 0.0402. The van der Waals surface area contributed by atoms with Gasteiger partial charge in [0.1, 0.15) is 5.75 Å². The Morgan fingerprint density at radius 1 is 1.24 bits per heavy atom. The van der Waals surface area contributed by atoms with Gasteiger partial charge in [-0.05, 0) is 39.7 Å². The third-order valence-corrected chi connectivity index (χ3v) is 3.79. The van der Waals surface area contributed by atoms with E-state index in [0.29, 0.717) is 21.5 Å². The van der Waals surface area contributed by atoms with Crippen molar-refractivity contribution < 1.29 is 13.9 Å². The maximum Gasteiger partial charge on any atom is 0.265 e. The Labute approximate surface area is 131 Å². The summed E-state index contributed by atoms with van der Waals surface area (Å²) in [6.07, 6.45) is -1.69. The van der Waals surface area contributed by atoms with Gasteiger partial charge >= 0.3 is 0 Å². The average molecular weight is 352 g/mol. The summed E-state index contributed by atoms with van der Waals surface area (Å²) in [6, 6.07) is 13.5. The van der Waals surface area contributed by atoms with E-state index in [4.69, 9.17) is 4.74 Å². The monoisotopic (exact) mass is 351 g/mol. The molecule has 0 saturated carbocycles. The quantitative estimate of drug-likeness (QED) is 0.828. The minimum absolute atomic E-state index is 0.346. The van der Waals surface area contributed by atoms with Crippen molar-refractivity contribution in [3.8, 4) is 5.75 Å². The van der Waals surface area contributed by atoms with Gasteiger partial charge in [-0.3, -0.25) is 4.79 Å². The first-order chi connectivity index (χ1) is 10.0. The molecule has 2 rings (SSSR count). The van der Waals surface area contributed by atoms with Crippen molar-refractivity contribution >= 4 is 27.5 Å². The van der Waals surface area contributed by atoms with Crippen LogP contribution in [0.4, 0.5) is 10.1 Å². The van der Waals surface area contributed by atoms with Crippen molar-refractivity contribution in [1.29, 1.82) is 0 Å². The molecule has 0 radical (unpaired) electrons. The van der Waals surface area contributed by atoms with Crippen LogP contribution in [0.5, 0.6) is 5.75 Å². The summed E-state index contributed by atoms with van der Waals surface area (Å²) in [4.78, 5) is 13.5. The van der Waals surface area contributed by atoms with Gasteiger partial charge in [0.25, 0.3) is 5.91 Å². The van der Waals surface area contributed by atoms with Crippen molar-refractivity contribution in [1.82, 2.24) is 0 Å². The Kier molecular flexibility index (Phi) is 4.96. The lowest BCUT2D eigenvalue weighted by Crippen LogP contribution is -2.30. The van der Waals surface area contributed by atoms with E-state index in [-0.39, 0.29) is 0 Å². The Morgan fingerprint density at radius 3 is 2.48 bits per heavy atom. The van der Waals surface area contributed by atoms with Gasteiger partial charge in [0.15, 0.2) is 0 Å². The second-order valence-corrected chi connectivity index (χ2v) is 5.34. The number of anilines is 1. The SMILES string of the molecule is COc1ccc(N(C)C(=O)C(F)c2ccccc2)c(Br)c1. The third-order valence-electron chi connectivity index (χ3n) is 3.16. The molecule has 0 saturated heterocycles. The fraction of sp³-hybridized carbons (Fsp3) is 0.188. The number of ether oxygens (including phenoxy) is 1. The molecule has 0 N–H and O–H groups in total. The Hall–Kier alpha value is -1.88. The highest BCUT2D eigenvalue weighted by Gasteiger charge is 2.25. The van der Waals surface area contributed by atoms with Crippen LogP contribution >= 0.6 is 15.9 Å². The molecule has 0 spiro atoms. The number of nitrogens with zero attached hydrogens (tertiary/aromatic N) is 1. The van der Waals surface area contributed by atoms with Crippen LogP contribution in [0.25, 0.3) is 0 Å². The van der Waals surface area contributed by atoms with Gasteiger partial charge in [-0.2, -0.15) is 0 Å². The maximum absolute atomic E-state index is 14.3. The zero-order chi connectivity index (χ0) is 15.4. The average Bonchev–Trinajstić information content (AvgIpc) is 2.53. The summed E-state index contributed by atoms with van der Waals surface area (Å²) >= 11 is 3.37. The first-order valence-electron chi connectivity index (χ1n) is 6.34. The number of carbonyl (C=O) groups excluding carboxylic acids is 1. The van der Waals surface area contributed by atoms with E-state index >= 15 is 0 Å². The van der Waals surface area contributed by atoms with Gasteiger partial charge in [0.2, 0.25) is 6.17 Å². The molecule has 0 aliphatic carbocycles. The summed E-state index contributed by atoms with van der Waals surface area (Å²) in [6.45, 7) is 0. The van der Waals surface area contributed by atoms with E-state index in [9.17, 15) is 9.18 Å². The Morgan fingerprint density at radius 2 is 1.90 bits per heavy atom. The van der Waals surface area contributed by atoms with Crippen LogP contribution in [-0.4, -0.2) is 20.1 Å². The molecular weight excluding hydrogens is 337 g/mol. The number of likely N-dealkylation sites (N-methyl/N-ethyl adjacent to an activating group) is 1. The standard InChI is InChI=1S/C16H15BrFNO2/c1-19(14-9-8-12(21-2)10-13(14)17)16(20)15(18)11-6-4-3-5-7-11/h3-10,15H,1-2H3. The highest BCUT2D eigenvalue weighted by Crippen LogP contribution is 2.31. The molecule has 21 heavy (non-hydrogen) atoms. The van der Waals surface area contributed by atoms with E-state index in [2.05, 4.69) is 15.9 Å². The van der Waals surface area contributed by atoms with Crippen LogP contribution in [0.3, 0.4) is 0 Å². The number of benzene rings is 2. The molecule has 1 atom stereocenters. The molecule has 5 heteroatoms. The molecule has 1 amide bonds. The normalized spacial score (nSPS) is 11.8. The molecular formula is C16H15BrFNO2. The smallest absolute Gasteiger partial charge is 0.265 e. The number of hydrogen-bond donors (Lipinski definition) is 0. The zero-order valence-corrected chi connectivity index (χ0v) is 13.3. The second-order valence-electron chi connectivity index (χ2n) is 4.49. The number of amides is 1. The maximum atomic E-state index is 14.3. The molecule has 1 unspecified atom stereocenters. The van der Waals surface area contributed by atoms with Crippen LogP contribution in [0.2, 0.25) is 0 Å². The predicted molar refractivity (Wildman–Crippen MR) is 84.4 cm³/mol. The second kappa shape index (κ2) is 6.72. The fourth-order valence-electron chi connectivity index (χ4n) is 1.94. The Balaban J connectivity index is 2.23. The van der Waals surface area contributed by atoms with E-state index < -0.39 is 12.1 Å². The number of hydrogen-bond acceptors (Lipinski definition) is 2. The predicted octanol–water partition coefficient (Wildman–Crippen LogP) is 4.13. The summed E-state index contributed by atoms with van der Waals surface area (Å²) in [5.41, 5.74) is 0.929. The third kappa shape index (κ3) is 3.42. The van der Waals surface area contributed by atoms with Gasteiger partial charge in [-0.25, -0.2) is 4.39 Å². The van der Waals surface area contributed by atoms with Gasteiger partial charge in [-0.1, -0.05) is 30.3 Å². The van der Waals surface area contributed by atoms with Gasteiger partial charge < -0.3 is 9.64 Å². The first kappa shape index (κ1) is 15.5. The lowest BCUT2D eigenvalue weighted by atomic mass is 10.1. The molecule has 0 aromatic heterocycles. The summed E-state index contributed by atoms with van der Waals surface area (Å²) < 4.78 is 20.1. The molecule has 110 valence electrons. The number of methoxy groups -OCH3 is 1. The number of rotatable bonds is 4. The van der Waals surface area contributed by atoms with E-state index in [1.54, 1.807) is 62.7 Å². The topological polar surface area (TPSA) is 29.5 Å². The number of halogens is 2. The molecule has 3 nitrogen and oxygen atoms in total. The van der Waals surface area contributed by atoms with Crippen molar-refractivity contribution in [2.24, 2.45) is 0 Å². The van der Waals surface area contributed by atoms with Crippen molar-refractivity contribution in [3.63, 3.8) is 0 Å². The van der Waals surface area contributed by atoms with Crippen LogP contribution in [0.1, 0.15) is 11.7 Å². The number of alkyl halides is 1. The summed E-state index contributed by atoms with van der Waals surface area (Å²) in [5, 5.41) is 0. The van der Waals surface area contributed by atoms with Crippen molar-refractivity contribution in [2.75, 3.05) is 19.1 Å². The van der Waals surface area contributed by atoms with E-state index in [1.807, 2.05) is 0 Å². The van der Waals surface area contributed by atoms with Crippen LogP contribution in [0, 0.1) is 0 Å². The highest BCUT2D eigenvalue weighted by molar-refractivity contribution is 9.10. The van der Waals surface area contributed by atoms with Crippen molar-refractivity contribution in [3.05, 3.63) is 58.6 Å². The minimum Gasteiger partial charge on any atom is -0.497 e. The fourth-order valence-corrected chi connectivity index (χ4v) is 2.56. The van der Waals surface area contributed by atoms with E-state index in [1.165, 1.54) is 4.90 Å². The molecule has 0 aliphatic heterocycles. The molecule has 0 fully saturated rings. The summed E-state index contributed by atoms with van der Waals surface area (Å²) in [7, 11) is 3.10. The first-order valence-corrected chi connectivity index (χ1v) is 7.14. The zero-order valence-electron chi connectivity index (χ0n) is 11.7. The molecule has 0 bridgehead atoms. The molecule has 0 heterocycles. The molecule has 2 aromatic rings. The van der Waals surface area contributed by atoms with Gasteiger partial charge in [0.05, 0.1) is 12.8 Å². The minimum atomic E-state index is -1.69.